The molecule has 0 atom stereocenters. The fourth-order valence-electron chi connectivity index (χ4n) is 1.09. The summed E-state index contributed by atoms with van der Waals surface area (Å²) in [5.41, 5.74) is -1.94. The number of carboxylic acids is 1. The Morgan fingerprint density at radius 1 is 1.62 bits per heavy atom. The van der Waals surface area contributed by atoms with Gasteiger partial charge in [0.05, 0.1) is 12.1 Å². The summed E-state index contributed by atoms with van der Waals surface area (Å²) in [6, 6.07) is 1.97. The number of carbonyl (C=O) groups is 1. The van der Waals surface area contributed by atoms with Gasteiger partial charge in [0.15, 0.2) is 0 Å². The molecule has 0 unspecified atom stereocenters. The second-order valence-electron chi connectivity index (χ2n) is 2.85. The van der Waals surface area contributed by atoms with E-state index in [2.05, 4.69) is 4.98 Å². The number of aliphatic carboxylic acids is 1. The number of pyridine rings is 1. The van der Waals surface area contributed by atoms with Gasteiger partial charge in [0.2, 0.25) is 5.95 Å². The lowest BCUT2D eigenvalue weighted by Gasteiger charge is -2.06. The summed E-state index contributed by atoms with van der Waals surface area (Å²) in [4.78, 5) is 13.4. The first-order valence-corrected chi connectivity index (χ1v) is 4.05. The Hall–Kier alpha value is -2.10. The fraction of sp³-hybridized carbons (Fsp3) is 0.222. The van der Waals surface area contributed by atoms with Gasteiger partial charge in [-0.05, 0) is 6.07 Å². The molecule has 0 fully saturated rings. The predicted molar refractivity (Wildman–Crippen MR) is 45.2 cm³/mol. The van der Waals surface area contributed by atoms with Crippen molar-refractivity contribution in [1.29, 1.82) is 5.26 Å². The maximum Gasteiger partial charge on any atom is 0.309 e. The van der Waals surface area contributed by atoms with Gasteiger partial charge in [-0.1, -0.05) is 0 Å². The predicted octanol–water partition coefficient (Wildman–Crippen LogP) is 1.66. The molecule has 1 aromatic heterocycles. The van der Waals surface area contributed by atoms with Crippen LogP contribution in [-0.2, 0) is 11.2 Å². The summed E-state index contributed by atoms with van der Waals surface area (Å²) in [7, 11) is 0. The highest BCUT2D eigenvalue weighted by atomic mass is 19.3. The van der Waals surface area contributed by atoms with Crippen molar-refractivity contribution < 1.29 is 23.1 Å². The molecular formula is C9H5F3N2O2. The zero-order valence-electron chi connectivity index (χ0n) is 7.75. The van der Waals surface area contributed by atoms with Gasteiger partial charge in [-0.15, -0.1) is 0 Å². The molecule has 0 spiro atoms. The highest BCUT2D eigenvalue weighted by molar-refractivity contribution is 5.70. The number of aromatic nitrogens is 1. The number of nitriles is 1. The number of halogens is 3. The van der Waals surface area contributed by atoms with E-state index in [9.17, 15) is 18.0 Å². The van der Waals surface area contributed by atoms with E-state index in [1.54, 1.807) is 0 Å². The lowest BCUT2D eigenvalue weighted by Crippen LogP contribution is -2.09. The topological polar surface area (TPSA) is 74.0 Å². The van der Waals surface area contributed by atoms with Crippen LogP contribution in [0.5, 0.6) is 0 Å². The highest BCUT2D eigenvalue weighted by Gasteiger charge is 2.20. The summed E-state index contributed by atoms with van der Waals surface area (Å²) < 4.78 is 37.9. The largest absolute Gasteiger partial charge is 0.481 e. The van der Waals surface area contributed by atoms with Gasteiger partial charge >= 0.3 is 5.97 Å². The van der Waals surface area contributed by atoms with Gasteiger partial charge in [-0.3, -0.25) is 4.79 Å². The average molecular weight is 230 g/mol. The van der Waals surface area contributed by atoms with Crippen molar-refractivity contribution in [1.82, 2.24) is 4.98 Å². The van der Waals surface area contributed by atoms with Crippen molar-refractivity contribution in [2.75, 3.05) is 0 Å². The smallest absolute Gasteiger partial charge is 0.309 e. The molecule has 1 N–H and O–H groups in total. The Labute approximate surface area is 88.0 Å². The van der Waals surface area contributed by atoms with E-state index in [1.165, 1.54) is 6.07 Å². The van der Waals surface area contributed by atoms with Gasteiger partial charge in [-0.2, -0.15) is 9.65 Å². The minimum absolute atomic E-state index is 0.570. The highest BCUT2D eigenvalue weighted by Crippen LogP contribution is 2.24. The van der Waals surface area contributed by atoms with Crippen LogP contribution >= 0.6 is 0 Å². The van der Waals surface area contributed by atoms with Crippen LogP contribution in [0.15, 0.2) is 6.07 Å². The molecule has 0 aliphatic rings. The lowest BCUT2D eigenvalue weighted by atomic mass is 10.1. The molecule has 0 saturated carbocycles. The molecular weight excluding hydrogens is 225 g/mol. The number of carboxylic acid groups (broad SMARTS) is 1. The van der Waals surface area contributed by atoms with Gasteiger partial charge in [-0.25, -0.2) is 13.8 Å². The van der Waals surface area contributed by atoms with E-state index in [0.29, 0.717) is 6.07 Å². The van der Waals surface area contributed by atoms with E-state index < -0.39 is 41.6 Å². The number of hydrogen-bond acceptors (Lipinski definition) is 3. The standard InChI is InChI=1S/C9H5F3N2O2/c10-8(11)5-1-4(3-13)9(12)14-6(5)2-7(15)16/h1,8H,2H2,(H,15,16). The van der Waals surface area contributed by atoms with Crippen molar-refractivity contribution in [2.45, 2.75) is 12.8 Å². The summed E-state index contributed by atoms with van der Waals surface area (Å²) in [6.45, 7) is 0. The van der Waals surface area contributed by atoms with Crippen LogP contribution in [0.3, 0.4) is 0 Å². The second kappa shape index (κ2) is 4.61. The van der Waals surface area contributed by atoms with Gasteiger partial charge < -0.3 is 5.11 Å². The Kier molecular flexibility index (Phi) is 3.45. The van der Waals surface area contributed by atoms with Crippen LogP contribution in [0, 0.1) is 17.3 Å². The van der Waals surface area contributed by atoms with E-state index in [4.69, 9.17) is 10.4 Å². The number of nitrogens with zero attached hydrogens (tertiary/aromatic N) is 2. The van der Waals surface area contributed by atoms with Gasteiger partial charge in [0.25, 0.3) is 6.43 Å². The minimum atomic E-state index is -3.01. The molecule has 7 heteroatoms. The third-order valence-electron chi connectivity index (χ3n) is 1.76. The van der Waals surface area contributed by atoms with Crippen LogP contribution in [0.1, 0.15) is 23.2 Å². The Morgan fingerprint density at radius 2 is 2.25 bits per heavy atom. The van der Waals surface area contributed by atoms with Crippen molar-refractivity contribution in [3.05, 3.63) is 28.8 Å². The number of alkyl halides is 2. The van der Waals surface area contributed by atoms with Crippen molar-refractivity contribution in [3.63, 3.8) is 0 Å². The molecule has 1 rings (SSSR count). The van der Waals surface area contributed by atoms with Crippen LogP contribution in [0.4, 0.5) is 13.2 Å². The van der Waals surface area contributed by atoms with Crippen molar-refractivity contribution >= 4 is 5.97 Å². The van der Waals surface area contributed by atoms with Crippen LogP contribution in [-0.4, -0.2) is 16.1 Å². The molecule has 0 saturated heterocycles. The molecule has 0 aromatic carbocycles. The summed E-state index contributed by atoms with van der Waals surface area (Å²) in [6.07, 6.45) is -3.82. The van der Waals surface area contributed by atoms with E-state index in [1.807, 2.05) is 0 Å². The van der Waals surface area contributed by atoms with Crippen LogP contribution in [0.2, 0.25) is 0 Å². The van der Waals surface area contributed by atoms with E-state index in [0.717, 1.165) is 0 Å². The molecule has 0 aliphatic heterocycles. The maximum atomic E-state index is 13.0. The first-order chi connectivity index (χ1) is 7.45. The number of rotatable bonds is 3. The van der Waals surface area contributed by atoms with Crippen LogP contribution in [0.25, 0.3) is 0 Å². The molecule has 0 aliphatic carbocycles. The Morgan fingerprint density at radius 3 is 2.69 bits per heavy atom. The normalized spacial score (nSPS) is 10.2. The average Bonchev–Trinajstić information content (AvgIpc) is 2.16. The zero-order valence-corrected chi connectivity index (χ0v) is 7.75. The first kappa shape index (κ1) is 12.0. The zero-order chi connectivity index (χ0) is 12.3. The first-order valence-electron chi connectivity index (χ1n) is 4.05. The summed E-state index contributed by atoms with van der Waals surface area (Å²) in [5.74, 6) is -2.65. The lowest BCUT2D eigenvalue weighted by molar-refractivity contribution is -0.136. The fourth-order valence-corrected chi connectivity index (χ4v) is 1.09. The number of hydrogen-bond donors (Lipinski definition) is 1. The minimum Gasteiger partial charge on any atom is -0.481 e. The monoisotopic (exact) mass is 230 g/mol. The third kappa shape index (κ3) is 2.48. The molecule has 1 aromatic rings. The molecule has 0 radical (unpaired) electrons. The molecule has 16 heavy (non-hydrogen) atoms. The molecule has 0 amide bonds. The van der Waals surface area contributed by atoms with Crippen molar-refractivity contribution in [3.8, 4) is 6.07 Å². The third-order valence-corrected chi connectivity index (χ3v) is 1.76. The second-order valence-corrected chi connectivity index (χ2v) is 2.85. The quantitative estimate of drug-likeness (QED) is 0.801. The Balaban J connectivity index is 3.31. The van der Waals surface area contributed by atoms with Gasteiger partial charge in [0.1, 0.15) is 11.6 Å². The molecule has 4 nitrogen and oxygen atoms in total. The van der Waals surface area contributed by atoms with Gasteiger partial charge in [0, 0.05) is 5.56 Å². The van der Waals surface area contributed by atoms with Crippen molar-refractivity contribution in [2.24, 2.45) is 0 Å². The summed E-state index contributed by atoms with van der Waals surface area (Å²) >= 11 is 0. The van der Waals surface area contributed by atoms with E-state index in [-0.39, 0.29) is 0 Å². The summed E-state index contributed by atoms with van der Waals surface area (Å²) in [5, 5.41) is 16.8. The van der Waals surface area contributed by atoms with Crippen LogP contribution < -0.4 is 0 Å². The molecule has 1 heterocycles. The SMILES string of the molecule is N#Cc1cc(C(F)F)c(CC(=O)O)nc1F. The molecule has 0 bridgehead atoms. The maximum absolute atomic E-state index is 13.0. The van der Waals surface area contributed by atoms with E-state index >= 15 is 0 Å². The Bertz CT molecular complexity index is 469. The molecule has 84 valence electrons.